The number of hydrogen-bond acceptors (Lipinski definition) is 7. The van der Waals surface area contributed by atoms with Gasteiger partial charge in [0, 0.05) is 34.6 Å². The first kappa shape index (κ1) is 20.2. The number of aromatic nitrogens is 1. The molecule has 4 rings (SSSR count). The van der Waals surface area contributed by atoms with Gasteiger partial charge in [-0.15, -0.1) is 0 Å². The average molecular weight is 483 g/mol. The van der Waals surface area contributed by atoms with E-state index in [1.807, 2.05) is 0 Å². The number of furan rings is 1. The van der Waals surface area contributed by atoms with Gasteiger partial charge in [0.2, 0.25) is 0 Å². The minimum atomic E-state index is -0.867. The molecule has 11 heteroatoms. The number of carbonyl (C=O) groups excluding carboxylic acids is 3. The third-order valence-corrected chi connectivity index (χ3v) is 5.02. The predicted molar refractivity (Wildman–Crippen MR) is 112 cm³/mol. The van der Waals surface area contributed by atoms with Crippen LogP contribution in [0.4, 0.5) is 16.2 Å². The van der Waals surface area contributed by atoms with Crippen molar-refractivity contribution in [3.63, 3.8) is 0 Å². The van der Waals surface area contributed by atoms with Gasteiger partial charge in [0.25, 0.3) is 17.5 Å². The maximum atomic E-state index is 12.8. The van der Waals surface area contributed by atoms with Gasteiger partial charge in [0.15, 0.2) is 0 Å². The summed E-state index contributed by atoms with van der Waals surface area (Å²) in [5.41, 5.74) is 0.420. The maximum absolute atomic E-state index is 12.8. The number of barbiturate groups is 1. The van der Waals surface area contributed by atoms with Crippen molar-refractivity contribution < 1.29 is 23.7 Å². The molecular formula is C20H11BrN4O6. The van der Waals surface area contributed by atoms with Crippen LogP contribution in [0, 0.1) is 10.1 Å². The van der Waals surface area contributed by atoms with Crippen LogP contribution in [0.3, 0.4) is 0 Å². The first-order valence-electron chi connectivity index (χ1n) is 8.71. The van der Waals surface area contributed by atoms with E-state index < -0.39 is 22.8 Å². The fourth-order valence-corrected chi connectivity index (χ4v) is 3.48. The standard InChI is InChI=1S/C20H11BrN4O6/c21-16-9-12(25(29)30)1-3-14(16)17-4-2-13(31-17)10-15-18(26)23-20(28)24(19(15)27)11-5-7-22-8-6-11/h1-10H,(H,23,26,28)/b15-10-. The molecule has 3 heterocycles. The van der Waals surface area contributed by atoms with Crippen molar-refractivity contribution >= 4 is 51.2 Å². The van der Waals surface area contributed by atoms with Crippen LogP contribution in [0.2, 0.25) is 0 Å². The molecule has 0 bridgehead atoms. The van der Waals surface area contributed by atoms with Gasteiger partial charge in [0.1, 0.15) is 17.1 Å². The quantitative estimate of drug-likeness (QED) is 0.259. The summed E-state index contributed by atoms with van der Waals surface area (Å²) in [7, 11) is 0. The number of anilines is 1. The van der Waals surface area contributed by atoms with Gasteiger partial charge in [-0.25, -0.2) is 9.69 Å². The summed E-state index contributed by atoms with van der Waals surface area (Å²) in [6, 6.07) is 9.36. The molecule has 0 unspecified atom stereocenters. The molecule has 1 aliphatic heterocycles. The normalized spacial score (nSPS) is 15.3. The number of imide groups is 2. The monoisotopic (exact) mass is 482 g/mol. The van der Waals surface area contributed by atoms with Crippen molar-refractivity contribution in [2.45, 2.75) is 0 Å². The van der Waals surface area contributed by atoms with Gasteiger partial charge in [-0.2, -0.15) is 0 Å². The first-order chi connectivity index (χ1) is 14.8. The number of non-ortho nitro benzene ring substituents is 1. The van der Waals surface area contributed by atoms with Gasteiger partial charge >= 0.3 is 6.03 Å². The van der Waals surface area contributed by atoms with E-state index in [2.05, 4.69) is 26.2 Å². The van der Waals surface area contributed by atoms with Crippen LogP contribution in [0.15, 0.2) is 69.3 Å². The number of halogens is 1. The molecule has 0 atom stereocenters. The summed E-state index contributed by atoms with van der Waals surface area (Å²) >= 11 is 3.27. The first-order valence-corrected chi connectivity index (χ1v) is 9.50. The highest BCUT2D eigenvalue weighted by Crippen LogP contribution is 2.33. The number of amides is 4. The Balaban J connectivity index is 1.67. The van der Waals surface area contributed by atoms with E-state index in [-0.39, 0.29) is 22.7 Å². The number of rotatable bonds is 4. The van der Waals surface area contributed by atoms with Crippen molar-refractivity contribution in [2.75, 3.05) is 4.90 Å². The molecule has 1 fully saturated rings. The summed E-state index contributed by atoms with van der Waals surface area (Å²) in [6.45, 7) is 0. The van der Waals surface area contributed by atoms with Gasteiger partial charge in [-0.3, -0.25) is 30.0 Å². The number of nitro benzene ring substituents is 1. The largest absolute Gasteiger partial charge is 0.457 e. The molecule has 1 aliphatic rings. The van der Waals surface area contributed by atoms with Crippen LogP contribution >= 0.6 is 15.9 Å². The Hall–Kier alpha value is -4.12. The van der Waals surface area contributed by atoms with E-state index in [1.165, 1.54) is 54.9 Å². The van der Waals surface area contributed by atoms with E-state index in [9.17, 15) is 24.5 Å². The molecule has 4 amide bonds. The number of hydrogen-bond donors (Lipinski definition) is 1. The van der Waals surface area contributed by atoms with E-state index in [0.29, 0.717) is 15.8 Å². The molecule has 0 aliphatic carbocycles. The molecule has 1 aromatic carbocycles. The lowest BCUT2D eigenvalue weighted by Crippen LogP contribution is -2.54. The van der Waals surface area contributed by atoms with Crippen molar-refractivity contribution in [3.05, 3.63) is 80.8 Å². The smallest absolute Gasteiger partial charge is 0.335 e. The Morgan fingerprint density at radius 1 is 1.10 bits per heavy atom. The minimum absolute atomic E-state index is 0.0881. The Morgan fingerprint density at radius 3 is 2.52 bits per heavy atom. The molecule has 10 nitrogen and oxygen atoms in total. The number of nitrogens with zero attached hydrogens (tertiary/aromatic N) is 3. The van der Waals surface area contributed by atoms with Gasteiger partial charge in [0.05, 0.1) is 10.6 Å². The van der Waals surface area contributed by atoms with Gasteiger partial charge < -0.3 is 4.42 Å². The van der Waals surface area contributed by atoms with Crippen LogP contribution < -0.4 is 10.2 Å². The summed E-state index contributed by atoms with van der Waals surface area (Å²) in [4.78, 5) is 52.3. The third kappa shape index (κ3) is 3.85. The highest BCUT2D eigenvalue weighted by molar-refractivity contribution is 9.10. The van der Waals surface area contributed by atoms with E-state index in [4.69, 9.17) is 4.42 Å². The number of nitro groups is 1. The zero-order valence-corrected chi connectivity index (χ0v) is 17.0. The Morgan fingerprint density at radius 2 is 1.84 bits per heavy atom. The highest BCUT2D eigenvalue weighted by Gasteiger charge is 2.37. The second kappa shape index (κ2) is 7.95. The van der Waals surface area contributed by atoms with Crippen LogP contribution in [0.5, 0.6) is 0 Å². The number of benzene rings is 1. The molecule has 1 N–H and O–H groups in total. The van der Waals surface area contributed by atoms with E-state index in [1.54, 1.807) is 6.07 Å². The summed E-state index contributed by atoms with van der Waals surface area (Å²) in [5.74, 6) is -1.12. The topological polar surface area (TPSA) is 136 Å². The van der Waals surface area contributed by atoms with Gasteiger partial charge in [-0.05, 0) is 52.3 Å². The molecule has 0 spiro atoms. The molecule has 2 aromatic heterocycles. The maximum Gasteiger partial charge on any atom is 0.335 e. The van der Waals surface area contributed by atoms with Crippen LogP contribution in [-0.4, -0.2) is 27.8 Å². The summed E-state index contributed by atoms with van der Waals surface area (Å²) in [6.07, 6.45) is 4.05. The number of pyridine rings is 1. The average Bonchev–Trinajstić information content (AvgIpc) is 3.20. The predicted octanol–water partition coefficient (Wildman–Crippen LogP) is 3.68. The summed E-state index contributed by atoms with van der Waals surface area (Å²) < 4.78 is 6.14. The molecular weight excluding hydrogens is 472 g/mol. The SMILES string of the molecule is O=C1NC(=O)N(c2ccncc2)C(=O)/C1=C\c1ccc(-c2ccc([N+](=O)[O-])cc2Br)o1. The van der Waals surface area contributed by atoms with E-state index >= 15 is 0 Å². The lowest BCUT2D eigenvalue weighted by atomic mass is 10.1. The zero-order chi connectivity index (χ0) is 22.1. The van der Waals surface area contributed by atoms with Crippen LogP contribution in [-0.2, 0) is 9.59 Å². The number of urea groups is 1. The Bertz CT molecular complexity index is 1270. The molecule has 0 saturated carbocycles. The van der Waals surface area contributed by atoms with Gasteiger partial charge in [-0.1, -0.05) is 0 Å². The van der Waals surface area contributed by atoms with Crippen molar-refractivity contribution in [3.8, 4) is 11.3 Å². The third-order valence-electron chi connectivity index (χ3n) is 4.36. The van der Waals surface area contributed by atoms with E-state index in [0.717, 1.165) is 4.90 Å². The molecule has 31 heavy (non-hydrogen) atoms. The van der Waals surface area contributed by atoms with Crippen molar-refractivity contribution in [1.82, 2.24) is 10.3 Å². The molecule has 154 valence electrons. The fourth-order valence-electron chi connectivity index (χ4n) is 2.92. The summed E-state index contributed by atoms with van der Waals surface area (Å²) in [5, 5.41) is 13.0. The van der Waals surface area contributed by atoms with Crippen LogP contribution in [0.1, 0.15) is 5.76 Å². The molecule has 1 saturated heterocycles. The minimum Gasteiger partial charge on any atom is -0.457 e. The Labute approximate surface area is 182 Å². The number of nitrogens with one attached hydrogen (secondary N) is 1. The lowest BCUT2D eigenvalue weighted by molar-refractivity contribution is -0.384. The molecule has 0 radical (unpaired) electrons. The molecule has 3 aromatic rings. The number of carbonyl (C=O) groups is 3. The second-order valence-corrected chi connectivity index (χ2v) is 7.14. The highest BCUT2D eigenvalue weighted by atomic mass is 79.9. The lowest BCUT2D eigenvalue weighted by Gasteiger charge is -2.25. The fraction of sp³-hybridized carbons (Fsp3) is 0. The van der Waals surface area contributed by atoms with Crippen LogP contribution in [0.25, 0.3) is 17.4 Å². The Kier molecular flexibility index (Phi) is 5.17. The zero-order valence-electron chi connectivity index (χ0n) is 15.4. The second-order valence-electron chi connectivity index (χ2n) is 6.29. The van der Waals surface area contributed by atoms with Crippen molar-refractivity contribution in [2.24, 2.45) is 0 Å². The van der Waals surface area contributed by atoms with Crippen molar-refractivity contribution in [1.29, 1.82) is 0 Å².